The molecule has 0 bridgehead atoms. The van der Waals surface area contributed by atoms with Crippen molar-refractivity contribution in [2.75, 3.05) is 18.6 Å². The molecule has 2 unspecified atom stereocenters. The van der Waals surface area contributed by atoms with Crippen LogP contribution in [0.15, 0.2) is 61.2 Å². The number of carbonyl (C=O) groups excluding carboxylic acids is 1. The molecule has 0 radical (unpaired) electrons. The van der Waals surface area contributed by atoms with E-state index in [0.717, 1.165) is 22.5 Å². The highest BCUT2D eigenvalue weighted by Gasteiger charge is 2.36. The average Bonchev–Trinajstić information content (AvgIpc) is 3.52. The number of halogens is 2. The lowest BCUT2D eigenvalue weighted by atomic mass is 9.94. The SMILES string of the molecule is COc1cc(-c2cn(C3CC(C)c4ccccc4N(CC(F)F)C3=O)nn2)ccc1-n1cnc(C)c1. The maximum Gasteiger partial charge on any atom is 0.256 e. The quantitative estimate of drug-likeness (QED) is 0.387. The van der Waals surface area contributed by atoms with Gasteiger partial charge in [0.2, 0.25) is 0 Å². The number of amides is 1. The van der Waals surface area contributed by atoms with Gasteiger partial charge in [0, 0.05) is 17.4 Å². The van der Waals surface area contributed by atoms with Crippen LogP contribution >= 0.6 is 0 Å². The first-order valence-corrected chi connectivity index (χ1v) is 11.7. The Balaban J connectivity index is 1.48. The molecular formula is C26H26F2N6O2. The van der Waals surface area contributed by atoms with Crippen molar-refractivity contribution in [2.45, 2.75) is 38.7 Å². The molecule has 8 nitrogen and oxygen atoms in total. The summed E-state index contributed by atoms with van der Waals surface area (Å²) in [6.45, 7) is 3.23. The second kappa shape index (κ2) is 9.52. The van der Waals surface area contributed by atoms with Crippen LogP contribution in [0.4, 0.5) is 14.5 Å². The Morgan fingerprint density at radius 2 is 1.94 bits per heavy atom. The van der Waals surface area contributed by atoms with E-state index >= 15 is 0 Å². The van der Waals surface area contributed by atoms with Gasteiger partial charge in [-0.3, -0.25) is 4.79 Å². The van der Waals surface area contributed by atoms with Gasteiger partial charge in [0.05, 0.1) is 37.6 Å². The number of hydrogen-bond acceptors (Lipinski definition) is 5. The Labute approximate surface area is 207 Å². The number of rotatable bonds is 6. The first-order valence-electron chi connectivity index (χ1n) is 11.7. The molecule has 0 N–H and O–H groups in total. The third-order valence-corrected chi connectivity index (χ3v) is 6.50. The van der Waals surface area contributed by atoms with Crippen molar-refractivity contribution in [2.24, 2.45) is 0 Å². The maximum atomic E-state index is 13.5. The molecule has 3 heterocycles. The molecule has 1 amide bonds. The van der Waals surface area contributed by atoms with E-state index in [1.165, 1.54) is 9.58 Å². The lowest BCUT2D eigenvalue weighted by Crippen LogP contribution is -2.39. The molecule has 1 aliphatic rings. The van der Waals surface area contributed by atoms with Crippen LogP contribution in [0, 0.1) is 6.92 Å². The Bertz CT molecular complexity index is 1400. The van der Waals surface area contributed by atoms with Gasteiger partial charge < -0.3 is 14.2 Å². The molecule has 0 saturated heterocycles. The van der Waals surface area contributed by atoms with Crippen molar-refractivity contribution in [1.82, 2.24) is 24.5 Å². The predicted octanol–water partition coefficient (Wildman–Crippen LogP) is 4.79. The molecule has 0 aliphatic carbocycles. The number of carbonyl (C=O) groups is 1. The minimum atomic E-state index is -2.66. The number of aromatic nitrogens is 5. The number of ether oxygens (including phenoxy) is 1. The monoisotopic (exact) mass is 492 g/mol. The summed E-state index contributed by atoms with van der Waals surface area (Å²) >= 11 is 0. The fourth-order valence-electron chi connectivity index (χ4n) is 4.72. The fourth-order valence-corrected chi connectivity index (χ4v) is 4.72. The number of imidazole rings is 1. The minimum absolute atomic E-state index is 0.0384. The van der Waals surface area contributed by atoms with Gasteiger partial charge in [-0.25, -0.2) is 18.4 Å². The van der Waals surface area contributed by atoms with Crippen LogP contribution in [-0.2, 0) is 4.79 Å². The number of hydrogen-bond donors (Lipinski definition) is 0. The van der Waals surface area contributed by atoms with E-state index in [1.807, 2.05) is 54.9 Å². The maximum absolute atomic E-state index is 13.5. The van der Waals surface area contributed by atoms with Gasteiger partial charge in [-0.1, -0.05) is 36.4 Å². The van der Waals surface area contributed by atoms with Gasteiger partial charge >= 0.3 is 0 Å². The van der Waals surface area contributed by atoms with Crippen molar-refractivity contribution in [3.8, 4) is 22.7 Å². The zero-order valence-electron chi connectivity index (χ0n) is 20.2. The summed E-state index contributed by atoms with van der Waals surface area (Å²) in [5.41, 5.74) is 4.39. The van der Waals surface area contributed by atoms with Crippen LogP contribution in [0.5, 0.6) is 5.75 Å². The van der Waals surface area contributed by atoms with Gasteiger partial charge in [-0.2, -0.15) is 0 Å². The van der Waals surface area contributed by atoms with E-state index in [4.69, 9.17) is 4.74 Å². The molecule has 10 heteroatoms. The largest absolute Gasteiger partial charge is 0.495 e. The Morgan fingerprint density at radius 1 is 1.14 bits per heavy atom. The predicted molar refractivity (Wildman–Crippen MR) is 131 cm³/mol. The number of benzene rings is 2. The zero-order chi connectivity index (χ0) is 25.4. The van der Waals surface area contributed by atoms with Crippen molar-refractivity contribution < 1.29 is 18.3 Å². The van der Waals surface area contributed by atoms with E-state index in [9.17, 15) is 13.6 Å². The molecule has 4 aromatic rings. The highest BCUT2D eigenvalue weighted by Crippen LogP contribution is 2.39. The Hall–Kier alpha value is -4.08. The van der Waals surface area contributed by atoms with Gasteiger partial charge in [-0.15, -0.1) is 5.10 Å². The first kappa shape index (κ1) is 23.7. The third kappa shape index (κ3) is 4.34. The number of methoxy groups -OCH3 is 1. The number of aryl methyl sites for hydroxylation is 1. The van der Waals surface area contributed by atoms with Crippen LogP contribution in [0.2, 0.25) is 0 Å². The number of anilines is 1. The smallest absolute Gasteiger partial charge is 0.256 e. The van der Waals surface area contributed by atoms with Crippen LogP contribution in [0.25, 0.3) is 16.9 Å². The second-order valence-electron chi connectivity index (χ2n) is 8.94. The molecule has 2 aromatic carbocycles. The topological polar surface area (TPSA) is 78.1 Å². The van der Waals surface area contributed by atoms with Crippen molar-refractivity contribution in [1.29, 1.82) is 0 Å². The highest BCUT2D eigenvalue weighted by molar-refractivity contribution is 5.98. The molecule has 36 heavy (non-hydrogen) atoms. The summed E-state index contributed by atoms with van der Waals surface area (Å²) in [6.07, 6.45) is 3.05. The number of fused-ring (bicyclic) bond motifs is 1. The molecule has 0 saturated carbocycles. The molecule has 186 valence electrons. The van der Waals surface area contributed by atoms with Crippen molar-refractivity contribution in [3.63, 3.8) is 0 Å². The zero-order valence-corrected chi connectivity index (χ0v) is 20.2. The minimum Gasteiger partial charge on any atom is -0.495 e. The summed E-state index contributed by atoms with van der Waals surface area (Å²) in [7, 11) is 1.59. The summed E-state index contributed by atoms with van der Waals surface area (Å²) in [6, 6.07) is 12.1. The molecular weight excluding hydrogens is 466 g/mol. The molecule has 0 fully saturated rings. The number of nitrogens with zero attached hydrogens (tertiary/aromatic N) is 6. The van der Waals surface area contributed by atoms with Crippen molar-refractivity contribution in [3.05, 3.63) is 72.4 Å². The van der Waals surface area contributed by atoms with Gasteiger partial charge in [-0.05, 0) is 43.0 Å². The molecule has 0 spiro atoms. The van der Waals surface area contributed by atoms with E-state index in [1.54, 1.807) is 31.8 Å². The van der Waals surface area contributed by atoms with E-state index in [0.29, 0.717) is 23.6 Å². The first-order chi connectivity index (χ1) is 17.4. The van der Waals surface area contributed by atoms with Crippen molar-refractivity contribution >= 4 is 11.6 Å². The standard InChI is InChI=1S/C26H26F2N6O2/c1-16-10-23(26(35)33(14-25(27)28)21-7-5-4-6-19(16)21)34-13-20(30-31-34)18-8-9-22(24(11-18)36-3)32-12-17(2)29-15-32/h4-9,11-13,15-16,23,25H,10,14H2,1-3H3. The Kier molecular flexibility index (Phi) is 6.26. The second-order valence-corrected chi connectivity index (χ2v) is 8.94. The van der Waals surface area contributed by atoms with Gasteiger partial charge in [0.25, 0.3) is 12.3 Å². The summed E-state index contributed by atoms with van der Waals surface area (Å²) < 4.78 is 35.9. The number of para-hydroxylation sites is 1. The van der Waals surface area contributed by atoms with Crippen LogP contribution in [-0.4, -0.2) is 50.5 Å². The van der Waals surface area contributed by atoms with Gasteiger partial charge in [0.1, 0.15) is 17.5 Å². The summed E-state index contributed by atoms with van der Waals surface area (Å²) in [5, 5.41) is 8.52. The van der Waals surface area contributed by atoms with Crippen LogP contribution in [0.3, 0.4) is 0 Å². The average molecular weight is 493 g/mol. The Morgan fingerprint density at radius 3 is 2.67 bits per heavy atom. The molecule has 2 aromatic heterocycles. The third-order valence-electron chi connectivity index (χ3n) is 6.50. The summed E-state index contributed by atoms with van der Waals surface area (Å²) in [4.78, 5) is 19.0. The normalized spacial score (nSPS) is 17.8. The highest BCUT2D eigenvalue weighted by atomic mass is 19.3. The summed E-state index contributed by atoms with van der Waals surface area (Å²) in [5.74, 6) is 0.160. The van der Waals surface area contributed by atoms with E-state index in [2.05, 4.69) is 15.3 Å². The number of alkyl halides is 2. The lowest BCUT2D eigenvalue weighted by Gasteiger charge is -2.25. The van der Waals surface area contributed by atoms with E-state index < -0.39 is 24.9 Å². The van der Waals surface area contributed by atoms with Gasteiger partial charge in [0.15, 0.2) is 0 Å². The molecule has 5 rings (SSSR count). The fraction of sp³-hybridized carbons (Fsp3) is 0.308. The van der Waals surface area contributed by atoms with E-state index in [-0.39, 0.29) is 5.92 Å². The molecule has 2 atom stereocenters. The van der Waals surface area contributed by atoms with Crippen LogP contribution in [0.1, 0.15) is 36.6 Å². The van der Waals surface area contributed by atoms with Crippen LogP contribution < -0.4 is 9.64 Å². The molecule has 1 aliphatic heterocycles. The lowest BCUT2D eigenvalue weighted by molar-refractivity contribution is -0.122.